The summed E-state index contributed by atoms with van der Waals surface area (Å²) in [5.74, 6) is 0. The van der Waals surface area contributed by atoms with Crippen LogP contribution in [0, 0.1) is 0 Å². The van der Waals surface area contributed by atoms with Crippen molar-refractivity contribution < 1.29 is 4.42 Å². The number of furan rings is 1. The van der Waals surface area contributed by atoms with E-state index in [0.29, 0.717) is 0 Å². The van der Waals surface area contributed by atoms with Crippen molar-refractivity contribution >= 4 is 82.4 Å². The fraction of sp³-hybridized carbons (Fsp3) is 0. The van der Waals surface area contributed by atoms with E-state index in [1.807, 2.05) is 6.07 Å². The van der Waals surface area contributed by atoms with E-state index in [-0.39, 0.29) is 0 Å². The van der Waals surface area contributed by atoms with Gasteiger partial charge in [-0.05, 0) is 93.3 Å². The molecule has 3 nitrogen and oxygen atoms in total. The number of benzene rings is 9. The quantitative estimate of drug-likeness (QED) is 0.169. The third-order valence-electron chi connectivity index (χ3n) is 10.8. The summed E-state index contributed by atoms with van der Waals surface area (Å²) in [6.45, 7) is 0. The lowest BCUT2D eigenvalue weighted by Gasteiger charge is -2.26. The SMILES string of the molecule is c1ccc(-n2c3ccccc3c3c(-c4ccc(N(c5ccc6ccc7ccccc7c6c5)c5cccc6c5oc5ccccc56)cc4)cccc32)cc1. The van der Waals surface area contributed by atoms with E-state index >= 15 is 0 Å². The van der Waals surface area contributed by atoms with Gasteiger partial charge in [0.1, 0.15) is 5.58 Å². The Balaban J connectivity index is 1.12. The lowest BCUT2D eigenvalue weighted by Crippen LogP contribution is -2.10. The molecule has 11 aromatic rings. The molecule has 2 heterocycles. The van der Waals surface area contributed by atoms with Crippen molar-refractivity contribution in [1.29, 1.82) is 0 Å². The van der Waals surface area contributed by atoms with Gasteiger partial charge in [-0.2, -0.15) is 0 Å². The minimum Gasteiger partial charge on any atom is -0.454 e. The largest absolute Gasteiger partial charge is 0.454 e. The molecule has 3 heteroatoms. The molecule has 2 aromatic heterocycles. The highest BCUT2D eigenvalue weighted by Gasteiger charge is 2.21. The number of hydrogen-bond acceptors (Lipinski definition) is 2. The van der Waals surface area contributed by atoms with Crippen molar-refractivity contribution in [3.05, 3.63) is 194 Å². The van der Waals surface area contributed by atoms with Crippen LogP contribution in [0.25, 0.3) is 82.1 Å². The van der Waals surface area contributed by atoms with Gasteiger partial charge in [-0.3, -0.25) is 0 Å². The van der Waals surface area contributed by atoms with Gasteiger partial charge in [-0.15, -0.1) is 0 Å². The lowest BCUT2D eigenvalue weighted by molar-refractivity contribution is 0.669. The number of nitrogens with zero attached hydrogens (tertiary/aromatic N) is 2. The Morgan fingerprint density at radius 2 is 1.06 bits per heavy atom. The molecule has 0 saturated heterocycles. The molecule has 0 N–H and O–H groups in total. The normalized spacial score (nSPS) is 11.8. The Labute approximate surface area is 306 Å². The van der Waals surface area contributed by atoms with Gasteiger partial charge in [0.15, 0.2) is 5.58 Å². The number of hydrogen-bond donors (Lipinski definition) is 0. The standard InChI is InChI=1S/C50H32N2O/c1-2-13-36(14-3-1)52-45-20-8-6-17-43(45)49-40(18-10-21-46(49)52)34-26-29-37(30-27-34)51(47-22-11-19-42-41-16-7-9-23-48(41)53-50(42)47)38-31-28-35-25-24-33-12-4-5-15-39(33)44(35)32-38/h1-32H. The Morgan fingerprint density at radius 1 is 0.415 bits per heavy atom. The molecular formula is C50H32N2O. The molecule has 0 aliphatic carbocycles. The maximum atomic E-state index is 6.64. The van der Waals surface area contributed by atoms with Crippen molar-refractivity contribution in [2.45, 2.75) is 0 Å². The molecule has 0 atom stereocenters. The van der Waals surface area contributed by atoms with Crippen molar-refractivity contribution in [3.8, 4) is 16.8 Å². The fourth-order valence-corrected chi connectivity index (χ4v) is 8.37. The molecule has 0 radical (unpaired) electrons. The molecule has 9 aromatic carbocycles. The maximum Gasteiger partial charge on any atom is 0.159 e. The molecule has 0 aliphatic rings. The molecular weight excluding hydrogens is 645 g/mol. The smallest absolute Gasteiger partial charge is 0.159 e. The third-order valence-corrected chi connectivity index (χ3v) is 10.8. The number of fused-ring (bicyclic) bond motifs is 9. The lowest BCUT2D eigenvalue weighted by atomic mass is 9.98. The van der Waals surface area contributed by atoms with Crippen LogP contribution in [0.3, 0.4) is 0 Å². The average molecular weight is 677 g/mol. The van der Waals surface area contributed by atoms with Crippen LogP contribution in [0.4, 0.5) is 17.1 Å². The molecule has 0 saturated carbocycles. The highest BCUT2D eigenvalue weighted by molar-refractivity contribution is 6.16. The molecule has 0 fully saturated rings. The summed E-state index contributed by atoms with van der Waals surface area (Å²) in [6, 6.07) is 69.7. The molecule has 0 unspecified atom stereocenters. The zero-order chi connectivity index (χ0) is 34.9. The van der Waals surface area contributed by atoms with Gasteiger partial charge in [0.05, 0.1) is 16.7 Å². The van der Waals surface area contributed by atoms with Crippen LogP contribution in [-0.4, -0.2) is 4.57 Å². The predicted octanol–water partition coefficient (Wildman–Crippen LogP) is 14.1. The van der Waals surface area contributed by atoms with Crippen LogP contribution in [-0.2, 0) is 0 Å². The Kier molecular flexibility index (Phi) is 6.55. The summed E-state index contributed by atoms with van der Waals surface area (Å²) in [7, 11) is 0. The first-order valence-electron chi connectivity index (χ1n) is 18.1. The second kappa shape index (κ2) is 11.7. The first-order chi connectivity index (χ1) is 26.3. The number of para-hydroxylation sites is 4. The number of aromatic nitrogens is 1. The molecule has 11 rings (SSSR count). The van der Waals surface area contributed by atoms with E-state index in [4.69, 9.17) is 4.42 Å². The van der Waals surface area contributed by atoms with Gasteiger partial charge in [-0.1, -0.05) is 133 Å². The van der Waals surface area contributed by atoms with Crippen LogP contribution in [0.5, 0.6) is 0 Å². The van der Waals surface area contributed by atoms with Gasteiger partial charge >= 0.3 is 0 Å². The van der Waals surface area contributed by atoms with Gasteiger partial charge in [0.2, 0.25) is 0 Å². The van der Waals surface area contributed by atoms with E-state index in [9.17, 15) is 0 Å². The van der Waals surface area contributed by atoms with Crippen LogP contribution in [0.1, 0.15) is 0 Å². The van der Waals surface area contributed by atoms with Crippen molar-refractivity contribution in [3.63, 3.8) is 0 Å². The first kappa shape index (κ1) is 29.6. The van der Waals surface area contributed by atoms with Crippen molar-refractivity contribution in [1.82, 2.24) is 4.57 Å². The van der Waals surface area contributed by atoms with Crippen molar-refractivity contribution in [2.24, 2.45) is 0 Å². The van der Waals surface area contributed by atoms with Gasteiger partial charge < -0.3 is 13.9 Å². The van der Waals surface area contributed by atoms with Crippen LogP contribution >= 0.6 is 0 Å². The second-order valence-corrected chi connectivity index (χ2v) is 13.7. The van der Waals surface area contributed by atoms with Gasteiger partial charge in [-0.25, -0.2) is 0 Å². The van der Waals surface area contributed by atoms with E-state index < -0.39 is 0 Å². The minimum absolute atomic E-state index is 0.870. The Morgan fingerprint density at radius 3 is 1.92 bits per heavy atom. The first-order valence-corrected chi connectivity index (χ1v) is 18.1. The molecule has 53 heavy (non-hydrogen) atoms. The monoisotopic (exact) mass is 676 g/mol. The second-order valence-electron chi connectivity index (χ2n) is 13.7. The fourth-order valence-electron chi connectivity index (χ4n) is 8.37. The average Bonchev–Trinajstić information content (AvgIpc) is 3.78. The summed E-state index contributed by atoms with van der Waals surface area (Å²) in [6.07, 6.45) is 0. The highest BCUT2D eigenvalue weighted by atomic mass is 16.3. The van der Waals surface area contributed by atoms with E-state index in [0.717, 1.165) is 44.7 Å². The number of rotatable bonds is 5. The summed E-state index contributed by atoms with van der Waals surface area (Å²) < 4.78 is 9.02. The van der Waals surface area contributed by atoms with Crippen LogP contribution in [0.15, 0.2) is 199 Å². The molecule has 0 aliphatic heterocycles. The van der Waals surface area contributed by atoms with E-state index in [2.05, 4.69) is 198 Å². The van der Waals surface area contributed by atoms with Gasteiger partial charge in [0, 0.05) is 38.6 Å². The summed E-state index contributed by atoms with van der Waals surface area (Å²) >= 11 is 0. The number of anilines is 3. The predicted molar refractivity (Wildman–Crippen MR) is 223 cm³/mol. The van der Waals surface area contributed by atoms with Crippen LogP contribution < -0.4 is 4.90 Å². The zero-order valence-electron chi connectivity index (χ0n) is 28.8. The summed E-state index contributed by atoms with van der Waals surface area (Å²) in [5, 5.41) is 9.63. The molecule has 0 bridgehead atoms. The molecule has 0 spiro atoms. The van der Waals surface area contributed by atoms with E-state index in [1.165, 1.54) is 54.5 Å². The Hall–Kier alpha value is -7.10. The summed E-state index contributed by atoms with van der Waals surface area (Å²) in [4.78, 5) is 2.34. The van der Waals surface area contributed by atoms with E-state index in [1.54, 1.807) is 0 Å². The van der Waals surface area contributed by atoms with Crippen LogP contribution in [0.2, 0.25) is 0 Å². The minimum atomic E-state index is 0.870. The zero-order valence-corrected chi connectivity index (χ0v) is 28.8. The van der Waals surface area contributed by atoms with Gasteiger partial charge in [0.25, 0.3) is 0 Å². The summed E-state index contributed by atoms with van der Waals surface area (Å²) in [5.41, 5.74) is 10.8. The topological polar surface area (TPSA) is 21.3 Å². The third kappa shape index (κ3) is 4.61. The molecule has 0 amide bonds. The highest BCUT2D eigenvalue weighted by Crippen LogP contribution is 2.44. The Bertz CT molecular complexity index is 3170. The molecule has 248 valence electrons. The maximum absolute atomic E-state index is 6.64. The van der Waals surface area contributed by atoms with Crippen molar-refractivity contribution in [2.75, 3.05) is 4.90 Å².